The zero-order valence-corrected chi connectivity index (χ0v) is 10.9. The molecule has 0 radical (unpaired) electrons. The fraction of sp³-hybridized carbons (Fsp3) is 0.231. The molecule has 2 aromatic rings. The van der Waals surface area contributed by atoms with Crippen LogP contribution in [0.5, 0.6) is 0 Å². The predicted molar refractivity (Wildman–Crippen MR) is 72.2 cm³/mol. The summed E-state index contributed by atoms with van der Waals surface area (Å²) in [5.41, 5.74) is 0.833. The van der Waals surface area contributed by atoms with Crippen molar-refractivity contribution in [1.29, 1.82) is 0 Å². The Morgan fingerprint density at radius 2 is 2.35 bits per heavy atom. The molecule has 1 atom stereocenters. The van der Waals surface area contributed by atoms with Crippen molar-refractivity contribution in [2.75, 3.05) is 11.9 Å². The smallest absolute Gasteiger partial charge is 0.319 e. The summed E-state index contributed by atoms with van der Waals surface area (Å²) in [6, 6.07) is 4.83. The van der Waals surface area contributed by atoms with Crippen molar-refractivity contribution in [1.82, 2.24) is 15.1 Å². The fourth-order valence-electron chi connectivity index (χ4n) is 1.65. The summed E-state index contributed by atoms with van der Waals surface area (Å²) in [5.74, 6) is -0.466. The third-order valence-corrected chi connectivity index (χ3v) is 2.61. The number of nitrogens with one attached hydrogen (secondary N) is 2. The van der Waals surface area contributed by atoms with Crippen LogP contribution in [0.25, 0.3) is 5.69 Å². The number of carbonyl (C=O) groups is 1. The molecule has 1 aromatic carbocycles. The lowest BCUT2D eigenvalue weighted by Crippen LogP contribution is -2.38. The molecule has 0 aliphatic carbocycles. The second-order valence-corrected chi connectivity index (χ2v) is 4.29. The van der Waals surface area contributed by atoms with Crippen LogP contribution in [0.4, 0.5) is 14.9 Å². The van der Waals surface area contributed by atoms with Gasteiger partial charge in [0.2, 0.25) is 0 Å². The van der Waals surface area contributed by atoms with E-state index in [2.05, 4.69) is 15.7 Å². The van der Waals surface area contributed by atoms with Gasteiger partial charge in [-0.05, 0) is 31.2 Å². The van der Waals surface area contributed by atoms with Gasteiger partial charge in [-0.15, -0.1) is 0 Å². The minimum atomic E-state index is -0.523. The maximum atomic E-state index is 13.3. The standard InChI is InChI=1S/C13H15FN4O2/c1-9(8-19)16-13(20)17-11-7-10(14)3-4-12(11)18-6-2-5-15-18/h2-7,9,19H,8H2,1H3,(H2,16,17,20). The summed E-state index contributed by atoms with van der Waals surface area (Å²) in [5, 5.41) is 18.0. The van der Waals surface area contributed by atoms with E-state index in [1.165, 1.54) is 22.9 Å². The molecule has 106 valence electrons. The highest BCUT2D eigenvalue weighted by Crippen LogP contribution is 2.20. The van der Waals surface area contributed by atoms with Crippen molar-refractivity contribution >= 4 is 11.7 Å². The molecule has 1 unspecified atom stereocenters. The van der Waals surface area contributed by atoms with Gasteiger partial charge in [0.05, 0.1) is 24.0 Å². The average Bonchev–Trinajstić information content (AvgIpc) is 2.92. The molecule has 3 N–H and O–H groups in total. The molecule has 2 amide bonds. The molecule has 0 aliphatic heterocycles. The molecule has 6 nitrogen and oxygen atoms in total. The predicted octanol–water partition coefficient (Wildman–Crippen LogP) is 1.51. The van der Waals surface area contributed by atoms with Gasteiger partial charge in [-0.3, -0.25) is 0 Å². The van der Waals surface area contributed by atoms with Crippen LogP contribution in [0.2, 0.25) is 0 Å². The Kier molecular flexibility index (Phi) is 4.31. The molecule has 1 heterocycles. The number of benzene rings is 1. The van der Waals surface area contributed by atoms with E-state index in [0.717, 1.165) is 0 Å². The zero-order chi connectivity index (χ0) is 14.5. The van der Waals surface area contributed by atoms with Gasteiger partial charge in [-0.1, -0.05) is 0 Å². The van der Waals surface area contributed by atoms with E-state index in [4.69, 9.17) is 5.11 Å². The Bertz CT molecular complexity index is 586. The summed E-state index contributed by atoms with van der Waals surface area (Å²) in [7, 11) is 0. The summed E-state index contributed by atoms with van der Waals surface area (Å²) in [6.45, 7) is 1.47. The molecule has 2 rings (SSSR count). The molecule has 0 spiro atoms. The van der Waals surface area contributed by atoms with E-state index < -0.39 is 17.9 Å². The van der Waals surface area contributed by atoms with Gasteiger partial charge >= 0.3 is 6.03 Å². The Morgan fingerprint density at radius 1 is 1.55 bits per heavy atom. The van der Waals surface area contributed by atoms with Crippen LogP contribution in [-0.4, -0.2) is 33.6 Å². The summed E-state index contributed by atoms with van der Waals surface area (Å²) >= 11 is 0. The molecular weight excluding hydrogens is 263 g/mol. The van der Waals surface area contributed by atoms with Gasteiger partial charge in [0, 0.05) is 12.4 Å². The lowest BCUT2D eigenvalue weighted by Gasteiger charge is -2.14. The van der Waals surface area contributed by atoms with Crippen molar-refractivity contribution in [2.24, 2.45) is 0 Å². The second-order valence-electron chi connectivity index (χ2n) is 4.29. The maximum absolute atomic E-state index is 13.3. The van der Waals surface area contributed by atoms with Crippen LogP contribution in [0.1, 0.15) is 6.92 Å². The van der Waals surface area contributed by atoms with Gasteiger partial charge in [0.25, 0.3) is 0 Å². The van der Waals surface area contributed by atoms with Gasteiger partial charge in [0.15, 0.2) is 0 Å². The van der Waals surface area contributed by atoms with Gasteiger partial charge in [-0.2, -0.15) is 5.10 Å². The molecule has 0 aliphatic rings. The van der Waals surface area contributed by atoms with Crippen LogP contribution in [0.15, 0.2) is 36.7 Å². The first-order chi connectivity index (χ1) is 9.60. The van der Waals surface area contributed by atoms with E-state index in [1.807, 2.05) is 0 Å². The van der Waals surface area contributed by atoms with E-state index in [1.54, 1.807) is 25.4 Å². The third-order valence-electron chi connectivity index (χ3n) is 2.61. The molecular formula is C13H15FN4O2. The van der Waals surface area contributed by atoms with E-state index in [-0.39, 0.29) is 12.3 Å². The normalized spacial score (nSPS) is 11.9. The van der Waals surface area contributed by atoms with E-state index in [0.29, 0.717) is 5.69 Å². The van der Waals surface area contributed by atoms with Crippen LogP contribution >= 0.6 is 0 Å². The number of nitrogens with zero attached hydrogens (tertiary/aromatic N) is 2. The quantitative estimate of drug-likeness (QED) is 0.793. The number of aliphatic hydroxyl groups excluding tert-OH is 1. The summed E-state index contributed by atoms with van der Waals surface area (Å²) in [6.07, 6.45) is 3.27. The first kappa shape index (κ1) is 14.0. The molecule has 0 saturated heterocycles. The topological polar surface area (TPSA) is 79.2 Å². The molecule has 20 heavy (non-hydrogen) atoms. The van der Waals surface area contributed by atoms with Crippen molar-refractivity contribution in [3.05, 3.63) is 42.5 Å². The summed E-state index contributed by atoms with van der Waals surface area (Å²) in [4.78, 5) is 11.7. The van der Waals surface area contributed by atoms with Crippen LogP contribution in [-0.2, 0) is 0 Å². The Balaban J connectivity index is 2.22. The lowest BCUT2D eigenvalue weighted by molar-refractivity contribution is 0.229. The SMILES string of the molecule is CC(CO)NC(=O)Nc1cc(F)ccc1-n1cccn1. The number of hydrogen-bond acceptors (Lipinski definition) is 3. The third kappa shape index (κ3) is 3.33. The number of anilines is 1. The first-order valence-electron chi connectivity index (χ1n) is 6.08. The monoisotopic (exact) mass is 278 g/mol. The highest BCUT2D eigenvalue weighted by Gasteiger charge is 2.11. The van der Waals surface area contributed by atoms with E-state index >= 15 is 0 Å². The Hall–Kier alpha value is -2.41. The minimum absolute atomic E-state index is 0.178. The number of amides is 2. The highest BCUT2D eigenvalue weighted by molar-refractivity contribution is 5.91. The number of halogens is 1. The molecule has 0 fully saturated rings. The number of carbonyl (C=O) groups excluding carboxylic acids is 1. The average molecular weight is 278 g/mol. The number of rotatable bonds is 4. The van der Waals surface area contributed by atoms with Crippen molar-refractivity contribution in [3.63, 3.8) is 0 Å². The molecule has 1 aromatic heterocycles. The highest BCUT2D eigenvalue weighted by atomic mass is 19.1. The first-order valence-corrected chi connectivity index (χ1v) is 6.08. The van der Waals surface area contributed by atoms with Crippen molar-refractivity contribution in [3.8, 4) is 5.69 Å². The minimum Gasteiger partial charge on any atom is -0.394 e. The fourth-order valence-corrected chi connectivity index (χ4v) is 1.65. The zero-order valence-electron chi connectivity index (χ0n) is 10.9. The van der Waals surface area contributed by atoms with Crippen LogP contribution in [0, 0.1) is 5.82 Å². The van der Waals surface area contributed by atoms with Gasteiger partial charge < -0.3 is 15.7 Å². The second kappa shape index (κ2) is 6.16. The summed E-state index contributed by atoms with van der Waals surface area (Å²) < 4.78 is 14.8. The van der Waals surface area contributed by atoms with Gasteiger partial charge in [0.1, 0.15) is 5.82 Å². The number of aromatic nitrogens is 2. The van der Waals surface area contributed by atoms with Gasteiger partial charge in [-0.25, -0.2) is 13.9 Å². The number of aliphatic hydroxyl groups is 1. The van der Waals surface area contributed by atoms with E-state index in [9.17, 15) is 9.18 Å². The Labute approximate surface area is 115 Å². The largest absolute Gasteiger partial charge is 0.394 e. The molecule has 7 heteroatoms. The van der Waals surface area contributed by atoms with Crippen LogP contribution in [0.3, 0.4) is 0 Å². The van der Waals surface area contributed by atoms with Crippen molar-refractivity contribution in [2.45, 2.75) is 13.0 Å². The molecule has 0 bridgehead atoms. The Morgan fingerprint density at radius 3 is 3.00 bits per heavy atom. The molecule has 0 saturated carbocycles. The number of hydrogen-bond donors (Lipinski definition) is 3. The van der Waals surface area contributed by atoms with Crippen molar-refractivity contribution < 1.29 is 14.3 Å². The lowest BCUT2D eigenvalue weighted by atomic mass is 10.2. The number of urea groups is 1. The maximum Gasteiger partial charge on any atom is 0.319 e. The van der Waals surface area contributed by atoms with Crippen LogP contribution < -0.4 is 10.6 Å².